The van der Waals surface area contributed by atoms with Crippen LogP contribution in [0.25, 0.3) is 75.8 Å². The van der Waals surface area contributed by atoms with Crippen molar-refractivity contribution in [3.63, 3.8) is 0 Å². The Morgan fingerprint density at radius 3 is 1.76 bits per heavy atom. The molecule has 12 rings (SSSR count). The highest BCUT2D eigenvalue weighted by Gasteiger charge is 2.39. The Morgan fingerprint density at radius 2 is 0.935 bits per heavy atom. The van der Waals surface area contributed by atoms with Crippen LogP contribution >= 0.6 is 11.3 Å². The molecular formula is C60H45NS. The third-order valence-corrected chi connectivity index (χ3v) is 15.1. The molecule has 296 valence electrons. The molecule has 0 amide bonds. The van der Waals surface area contributed by atoms with Gasteiger partial charge in [-0.15, -0.1) is 11.3 Å². The van der Waals surface area contributed by atoms with Crippen molar-refractivity contribution in [3.05, 3.63) is 222 Å². The number of thiophene rings is 1. The molecule has 1 aromatic heterocycles. The molecule has 0 spiro atoms. The fourth-order valence-corrected chi connectivity index (χ4v) is 12.0. The van der Waals surface area contributed by atoms with Crippen LogP contribution in [0.2, 0.25) is 0 Å². The molecule has 0 saturated heterocycles. The Kier molecular flexibility index (Phi) is 8.17. The fraction of sp³-hybridized carbons (Fsp3) is 0.100. The highest BCUT2D eigenvalue weighted by Crippen LogP contribution is 2.56. The maximum Gasteiger partial charge on any atom is 0.0546 e. The van der Waals surface area contributed by atoms with Crippen LogP contribution in [0.1, 0.15) is 49.9 Å². The Labute approximate surface area is 368 Å². The van der Waals surface area contributed by atoms with Gasteiger partial charge < -0.3 is 4.90 Å². The second-order valence-electron chi connectivity index (χ2n) is 18.1. The van der Waals surface area contributed by atoms with Crippen LogP contribution in [0, 0.1) is 0 Å². The number of hydrogen-bond donors (Lipinski definition) is 0. The van der Waals surface area contributed by atoms with Crippen molar-refractivity contribution in [1.29, 1.82) is 0 Å². The Hall–Kier alpha value is -7.00. The topological polar surface area (TPSA) is 3.24 Å². The summed E-state index contributed by atoms with van der Waals surface area (Å²) >= 11 is 1.89. The lowest BCUT2D eigenvalue weighted by Crippen LogP contribution is -2.16. The zero-order chi connectivity index (χ0) is 41.7. The molecule has 0 unspecified atom stereocenters. The van der Waals surface area contributed by atoms with Crippen molar-refractivity contribution in [1.82, 2.24) is 0 Å². The molecule has 0 N–H and O–H groups in total. The van der Waals surface area contributed by atoms with Gasteiger partial charge in [0, 0.05) is 47.8 Å². The van der Waals surface area contributed by atoms with Gasteiger partial charge >= 0.3 is 0 Å². The molecule has 2 aliphatic carbocycles. The summed E-state index contributed by atoms with van der Waals surface area (Å²) in [7, 11) is 0. The monoisotopic (exact) mass is 811 g/mol. The zero-order valence-electron chi connectivity index (χ0n) is 35.4. The average molecular weight is 812 g/mol. The van der Waals surface area contributed by atoms with E-state index in [2.05, 4.69) is 233 Å². The van der Waals surface area contributed by atoms with E-state index in [0.29, 0.717) is 0 Å². The van der Waals surface area contributed by atoms with Gasteiger partial charge in [0.1, 0.15) is 0 Å². The lowest BCUT2D eigenvalue weighted by molar-refractivity contribution is 0.660. The van der Waals surface area contributed by atoms with Crippen molar-refractivity contribution in [2.24, 2.45) is 0 Å². The van der Waals surface area contributed by atoms with Gasteiger partial charge in [0.25, 0.3) is 0 Å². The van der Waals surface area contributed by atoms with Gasteiger partial charge in [0.15, 0.2) is 0 Å². The van der Waals surface area contributed by atoms with Crippen LogP contribution in [0.3, 0.4) is 0 Å². The van der Waals surface area contributed by atoms with E-state index in [4.69, 9.17) is 0 Å². The number of anilines is 3. The molecule has 10 aromatic rings. The summed E-state index contributed by atoms with van der Waals surface area (Å²) in [5.41, 5.74) is 21.2. The van der Waals surface area contributed by atoms with Crippen molar-refractivity contribution in [2.45, 2.75) is 38.5 Å². The molecule has 0 aliphatic heterocycles. The van der Waals surface area contributed by atoms with Crippen molar-refractivity contribution in [3.8, 4) is 55.6 Å². The molecule has 1 nitrogen and oxygen atoms in total. The molecule has 0 bridgehead atoms. The third-order valence-electron chi connectivity index (χ3n) is 13.9. The smallest absolute Gasteiger partial charge is 0.0546 e. The molecule has 0 radical (unpaired) electrons. The number of rotatable bonds is 6. The summed E-state index contributed by atoms with van der Waals surface area (Å²) in [5, 5.41) is 2.64. The molecular weight excluding hydrogens is 767 g/mol. The van der Waals surface area contributed by atoms with Crippen LogP contribution in [-0.4, -0.2) is 0 Å². The summed E-state index contributed by atoms with van der Waals surface area (Å²) in [4.78, 5) is 2.55. The van der Waals surface area contributed by atoms with E-state index < -0.39 is 0 Å². The number of benzene rings is 9. The van der Waals surface area contributed by atoms with Gasteiger partial charge in [0.05, 0.1) is 11.4 Å². The zero-order valence-corrected chi connectivity index (χ0v) is 36.2. The molecule has 0 atom stereocenters. The van der Waals surface area contributed by atoms with E-state index >= 15 is 0 Å². The average Bonchev–Trinajstić information content (AvgIpc) is 3.90. The van der Waals surface area contributed by atoms with E-state index in [9.17, 15) is 0 Å². The Morgan fingerprint density at radius 1 is 0.355 bits per heavy atom. The first kappa shape index (κ1) is 36.8. The van der Waals surface area contributed by atoms with Crippen LogP contribution < -0.4 is 4.90 Å². The third kappa shape index (κ3) is 5.46. The van der Waals surface area contributed by atoms with Crippen molar-refractivity contribution < 1.29 is 0 Å². The Balaban J connectivity index is 1.11. The molecule has 0 fully saturated rings. The maximum atomic E-state index is 2.55. The van der Waals surface area contributed by atoms with E-state index in [0.717, 1.165) is 11.4 Å². The Bertz CT molecular complexity index is 3400. The van der Waals surface area contributed by atoms with Gasteiger partial charge in [-0.25, -0.2) is 0 Å². The minimum atomic E-state index is -0.143. The minimum absolute atomic E-state index is 0.117. The van der Waals surface area contributed by atoms with E-state index in [1.54, 1.807) is 0 Å². The van der Waals surface area contributed by atoms with Crippen LogP contribution in [-0.2, 0) is 10.8 Å². The number of nitrogens with zero attached hydrogens (tertiary/aromatic N) is 1. The van der Waals surface area contributed by atoms with Crippen molar-refractivity contribution in [2.75, 3.05) is 4.90 Å². The summed E-state index contributed by atoms with van der Waals surface area (Å²) in [6.45, 7) is 9.50. The first-order valence-electron chi connectivity index (χ1n) is 21.8. The normalized spacial score (nSPS) is 14.1. The van der Waals surface area contributed by atoms with E-state index in [-0.39, 0.29) is 10.8 Å². The lowest BCUT2D eigenvalue weighted by atomic mass is 9.81. The first-order chi connectivity index (χ1) is 30.3. The minimum Gasteiger partial charge on any atom is -0.309 e. The molecule has 9 aromatic carbocycles. The summed E-state index contributed by atoms with van der Waals surface area (Å²) in [5.74, 6) is 0. The van der Waals surface area contributed by atoms with Gasteiger partial charge in [-0.1, -0.05) is 191 Å². The predicted molar refractivity (Wildman–Crippen MR) is 265 cm³/mol. The lowest BCUT2D eigenvalue weighted by Gasteiger charge is -2.31. The van der Waals surface area contributed by atoms with Gasteiger partial charge in [-0.05, 0) is 103 Å². The molecule has 1 heterocycles. The predicted octanol–water partition coefficient (Wildman–Crippen LogP) is 17.1. The maximum absolute atomic E-state index is 2.55. The largest absolute Gasteiger partial charge is 0.309 e. The molecule has 2 aliphatic rings. The van der Waals surface area contributed by atoms with Gasteiger partial charge in [-0.2, -0.15) is 0 Å². The summed E-state index contributed by atoms with van der Waals surface area (Å²) in [6.07, 6.45) is 0. The first-order valence-corrected chi connectivity index (χ1v) is 22.6. The van der Waals surface area contributed by atoms with Crippen LogP contribution in [0.4, 0.5) is 17.1 Å². The molecule has 2 heteroatoms. The highest BCUT2D eigenvalue weighted by atomic mass is 32.1. The standard InChI is InChI=1S/C60H45NS/c1-59(2)51-24-12-9-20-49(51)57-52(59)25-15-26-54(57)61(42-32-28-39(29-33-42)44-21-14-22-48-47-19-10-13-27-56(47)62-58(44)48)55-37-40(38-16-6-5-7-17-38)30-34-43(55)41-31-35-46-45-18-8-11-23-50(45)60(3,4)53(46)36-41/h5-37H,1-4H3. The van der Waals surface area contributed by atoms with Crippen molar-refractivity contribution >= 4 is 48.6 Å². The quantitative estimate of drug-likeness (QED) is 0.162. The SMILES string of the molecule is CC1(C)c2ccccc2-c2ccc(-c3ccc(-c4ccccc4)cc3N(c3ccc(-c4cccc5c4sc4ccccc45)cc3)c3cccc4c3-c3ccccc3C4(C)C)cc21. The number of hydrogen-bond acceptors (Lipinski definition) is 2. The van der Waals surface area contributed by atoms with Crippen LogP contribution in [0.5, 0.6) is 0 Å². The molecule has 0 saturated carbocycles. The highest BCUT2D eigenvalue weighted by molar-refractivity contribution is 7.26. The second kappa shape index (κ2) is 13.8. The summed E-state index contributed by atoms with van der Waals surface area (Å²) in [6, 6.07) is 74.9. The fourth-order valence-electron chi connectivity index (χ4n) is 10.7. The number of fused-ring (bicyclic) bond motifs is 9. The van der Waals surface area contributed by atoms with Gasteiger partial charge in [-0.3, -0.25) is 0 Å². The molecule has 62 heavy (non-hydrogen) atoms. The van der Waals surface area contributed by atoms with E-state index in [1.807, 2.05) is 11.3 Å². The summed E-state index contributed by atoms with van der Waals surface area (Å²) < 4.78 is 2.65. The van der Waals surface area contributed by atoms with Gasteiger partial charge in [0.2, 0.25) is 0 Å². The second-order valence-corrected chi connectivity index (χ2v) is 19.1. The van der Waals surface area contributed by atoms with E-state index in [1.165, 1.54) is 104 Å². The van der Waals surface area contributed by atoms with Crippen LogP contribution in [0.15, 0.2) is 200 Å².